The number of nitrogens with two attached hydrogens (primary N) is 1. The molecule has 0 bridgehead atoms. The summed E-state index contributed by atoms with van der Waals surface area (Å²) in [6.45, 7) is 5.00. The van der Waals surface area contributed by atoms with Gasteiger partial charge in [-0.1, -0.05) is 25.0 Å². The van der Waals surface area contributed by atoms with Gasteiger partial charge in [0.2, 0.25) is 0 Å². The fraction of sp³-hybridized carbons (Fsp3) is 0.625. The monoisotopic (exact) mass is 197 g/mol. The Bertz CT molecular complexity index is 282. The third-order valence-corrected chi connectivity index (χ3v) is 2.75. The van der Waals surface area contributed by atoms with Gasteiger partial charge in [-0.15, -0.1) is 0 Å². The van der Waals surface area contributed by atoms with E-state index in [2.05, 4.69) is 6.58 Å². The number of carbonyl (C=O) groups is 1. The quantitative estimate of drug-likeness (QED) is 0.585. The van der Waals surface area contributed by atoms with E-state index in [1.54, 1.807) is 6.92 Å². The molecular formula is C8H11B4NO2. The minimum absolute atomic E-state index is 0.157. The maximum Gasteiger partial charge on any atom is 0.299 e. The second-order valence-corrected chi connectivity index (χ2v) is 3.71. The summed E-state index contributed by atoms with van der Waals surface area (Å²) in [5.74, 6) is -2.05. The van der Waals surface area contributed by atoms with Gasteiger partial charge in [0.05, 0.1) is 31.4 Å². The van der Waals surface area contributed by atoms with Crippen molar-refractivity contribution in [2.45, 2.75) is 23.8 Å². The molecule has 0 saturated carbocycles. The van der Waals surface area contributed by atoms with Crippen molar-refractivity contribution in [3.8, 4) is 0 Å². The van der Waals surface area contributed by atoms with E-state index < -0.39 is 28.7 Å². The van der Waals surface area contributed by atoms with Crippen LogP contribution in [0.5, 0.6) is 0 Å². The maximum absolute atomic E-state index is 11.0. The van der Waals surface area contributed by atoms with Crippen molar-refractivity contribution < 1.29 is 9.90 Å². The summed E-state index contributed by atoms with van der Waals surface area (Å²) in [5.41, 5.74) is 5.59. The summed E-state index contributed by atoms with van der Waals surface area (Å²) >= 11 is 0. The van der Waals surface area contributed by atoms with Gasteiger partial charge >= 0.3 is 0 Å². The van der Waals surface area contributed by atoms with Crippen molar-refractivity contribution in [2.75, 3.05) is 0 Å². The molecule has 3 nitrogen and oxygen atoms in total. The van der Waals surface area contributed by atoms with Crippen LogP contribution in [-0.4, -0.2) is 42.5 Å². The summed E-state index contributed by atoms with van der Waals surface area (Å²) in [7, 11) is 22.3. The highest BCUT2D eigenvalue weighted by molar-refractivity contribution is 6.50. The predicted octanol–water partition coefficient (Wildman–Crippen LogP) is -0.453. The van der Waals surface area contributed by atoms with Crippen LogP contribution < -0.4 is 5.73 Å². The van der Waals surface area contributed by atoms with E-state index in [4.69, 9.17) is 42.2 Å². The minimum atomic E-state index is -1.95. The molecule has 0 aliphatic rings. The lowest BCUT2D eigenvalue weighted by atomic mass is 9.30. The number of rotatable bonds is 5. The lowest BCUT2D eigenvalue weighted by Gasteiger charge is -2.47. The van der Waals surface area contributed by atoms with E-state index in [1.807, 2.05) is 0 Å². The van der Waals surface area contributed by atoms with Crippen molar-refractivity contribution in [2.24, 2.45) is 11.7 Å². The molecule has 3 N–H and O–H groups in total. The molecule has 0 aliphatic carbocycles. The normalized spacial score (nSPS) is 17.7. The molecule has 0 aromatic rings. The molecule has 0 spiro atoms. The van der Waals surface area contributed by atoms with Gasteiger partial charge in [0.1, 0.15) is 0 Å². The van der Waals surface area contributed by atoms with E-state index in [9.17, 15) is 4.79 Å². The van der Waals surface area contributed by atoms with E-state index in [0.717, 1.165) is 0 Å². The van der Waals surface area contributed by atoms with Crippen LogP contribution in [0.3, 0.4) is 0 Å². The first-order valence-corrected chi connectivity index (χ1v) is 4.35. The van der Waals surface area contributed by atoms with Crippen molar-refractivity contribution in [3.63, 3.8) is 0 Å². The Kier molecular flexibility index (Phi) is 4.20. The summed E-state index contributed by atoms with van der Waals surface area (Å²) in [6.07, 6.45) is -0.396. The second kappa shape index (κ2) is 4.42. The highest BCUT2D eigenvalue weighted by Gasteiger charge is 2.47. The number of hydrogen-bond acceptors (Lipinski definition) is 2. The van der Waals surface area contributed by atoms with Crippen LogP contribution in [0.1, 0.15) is 6.92 Å². The first-order valence-electron chi connectivity index (χ1n) is 4.35. The smallest absolute Gasteiger partial charge is 0.299 e. The summed E-state index contributed by atoms with van der Waals surface area (Å²) in [4.78, 5) is 11.0. The maximum atomic E-state index is 11.0. The van der Waals surface area contributed by atoms with E-state index >= 15 is 0 Å². The molecular weight excluding hydrogens is 185 g/mol. The van der Waals surface area contributed by atoms with Gasteiger partial charge in [-0.2, -0.15) is 0 Å². The molecule has 0 saturated heterocycles. The lowest BCUT2D eigenvalue weighted by molar-refractivity contribution is -0.140. The van der Waals surface area contributed by atoms with Crippen molar-refractivity contribution in [1.29, 1.82) is 0 Å². The Labute approximate surface area is 95.5 Å². The van der Waals surface area contributed by atoms with Gasteiger partial charge in [-0.3, -0.25) is 4.79 Å². The van der Waals surface area contributed by atoms with Crippen molar-refractivity contribution >= 4 is 37.4 Å². The zero-order valence-corrected chi connectivity index (χ0v) is 8.73. The van der Waals surface area contributed by atoms with Gasteiger partial charge < -0.3 is 10.8 Å². The Morgan fingerprint density at radius 1 is 1.53 bits per heavy atom. The number of carboxylic acid groups (broad SMARTS) is 1. The van der Waals surface area contributed by atoms with Crippen LogP contribution in [0.25, 0.3) is 0 Å². The molecule has 0 fully saturated rings. The Hall–Kier alpha value is -0.730. The van der Waals surface area contributed by atoms with E-state index in [-0.39, 0.29) is 5.70 Å². The standard InChI is InChI=1S/C8H11B4NO2/c1-4(5(2)13)8(11,12)7(10,3-9)6(14)15/h4H,2-3,13H2,1H3,(H,14,15). The Morgan fingerprint density at radius 3 is 2.13 bits per heavy atom. The Morgan fingerprint density at radius 2 is 1.93 bits per heavy atom. The SMILES string of the molecule is [B]CC([B])(C(=O)O)C([B])([B])C(C)C(=C)N. The third kappa shape index (κ3) is 2.27. The first kappa shape index (κ1) is 14.3. The van der Waals surface area contributed by atoms with Crippen LogP contribution in [-0.2, 0) is 4.79 Å². The molecule has 0 heterocycles. The number of hydrogen-bond donors (Lipinski definition) is 2. The second-order valence-electron chi connectivity index (χ2n) is 3.71. The van der Waals surface area contributed by atoms with Gasteiger partial charge in [-0.05, 0) is 5.92 Å². The fourth-order valence-electron chi connectivity index (χ4n) is 1.14. The van der Waals surface area contributed by atoms with E-state index in [0.29, 0.717) is 0 Å². The molecule has 7 heteroatoms. The van der Waals surface area contributed by atoms with Gasteiger partial charge in [-0.25, -0.2) is 0 Å². The third-order valence-electron chi connectivity index (χ3n) is 2.75. The molecule has 2 atom stereocenters. The molecule has 72 valence electrons. The molecule has 0 rings (SSSR count). The molecule has 8 radical (unpaired) electrons. The molecule has 0 aliphatic heterocycles. The average Bonchev–Trinajstić information content (AvgIpc) is 2.14. The molecule has 0 aromatic carbocycles. The largest absolute Gasteiger partial charge is 0.481 e. The van der Waals surface area contributed by atoms with Crippen LogP contribution in [0, 0.1) is 5.92 Å². The zero-order valence-electron chi connectivity index (χ0n) is 8.73. The molecule has 15 heavy (non-hydrogen) atoms. The van der Waals surface area contributed by atoms with Gasteiger partial charge in [0.15, 0.2) is 0 Å². The summed E-state index contributed by atoms with van der Waals surface area (Å²) < 4.78 is 0. The van der Waals surface area contributed by atoms with Gasteiger partial charge in [0.25, 0.3) is 5.97 Å². The molecule has 2 unspecified atom stereocenters. The predicted molar refractivity (Wildman–Crippen MR) is 63.3 cm³/mol. The van der Waals surface area contributed by atoms with Crippen LogP contribution in [0.15, 0.2) is 12.3 Å². The van der Waals surface area contributed by atoms with Gasteiger partial charge in [0, 0.05) is 11.0 Å². The molecule has 0 amide bonds. The minimum Gasteiger partial charge on any atom is -0.481 e. The fourth-order valence-corrected chi connectivity index (χ4v) is 1.14. The summed E-state index contributed by atoms with van der Waals surface area (Å²) in [5, 5.41) is 5.25. The van der Waals surface area contributed by atoms with Crippen LogP contribution in [0.4, 0.5) is 0 Å². The van der Waals surface area contributed by atoms with E-state index in [1.165, 1.54) is 0 Å². The number of carboxylic acids is 1. The van der Waals surface area contributed by atoms with Crippen LogP contribution >= 0.6 is 0 Å². The highest BCUT2D eigenvalue weighted by Crippen LogP contribution is 2.53. The highest BCUT2D eigenvalue weighted by atomic mass is 16.4. The average molecular weight is 196 g/mol. The lowest BCUT2D eigenvalue weighted by Crippen LogP contribution is -2.43. The zero-order chi connectivity index (χ0) is 12.4. The summed E-state index contributed by atoms with van der Waals surface area (Å²) in [6, 6.07) is 0. The van der Waals surface area contributed by atoms with Crippen molar-refractivity contribution in [1.82, 2.24) is 0 Å². The molecule has 0 aromatic heterocycles. The number of aliphatic carboxylic acids is 1. The Balaban J connectivity index is 5.31. The van der Waals surface area contributed by atoms with Crippen LogP contribution in [0.2, 0.25) is 16.8 Å². The topological polar surface area (TPSA) is 63.3 Å². The first-order chi connectivity index (χ1) is 6.61. The number of allylic oxidation sites excluding steroid dienone is 1. The van der Waals surface area contributed by atoms with Crippen molar-refractivity contribution in [3.05, 3.63) is 12.3 Å².